The van der Waals surface area contributed by atoms with Crippen LogP contribution < -0.4 is 0 Å². The SMILES string of the molecule is CC(C)(Cl)c1ccc(C(=O)CCCCl)cc1. The molecule has 0 spiro atoms. The summed E-state index contributed by atoms with van der Waals surface area (Å²) in [5, 5.41) is 0. The number of carbonyl (C=O) groups excluding carboxylic acids is 1. The highest BCUT2D eigenvalue weighted by Crippen LogP contribution is 2.27. The molecule has 0 saturated heterocycles. The average molecular weight is 259 g/mol. The van der Waals surface area contributed by atoms with Crippen molar-refractivity contribution in [1.29, 1.82) is 0 Å². The molecule has 3 heteroatoms. The summed E-state index contributed by atoms with van der Waals surface area (Å²) in [6, 6.07) is 7.47. The van der Waals surface area contributed by atoms with E-state index in [-0.39, 0.29) is 5.78 Å². The Morgan fingerprint density at radius 3 is 2.25 bits per heavy atom. The second-order valence-electron chi connectivity index (χ2n) is 4.27. The van der Waals surface area contributed by atoms with E-state index in [1.807, 2.05) is 38.1 Å². The van der Waals surface area contributed by atoms with Crippen molar-refractivity contribution in [2.75, 3.05) is 5.88 Å². The minimum atomic E-state index is -0.391. The van der Waals surface area contributed by atoms with Crippen LogP contribution in [0.25, 0.3) is 0 Å². The Hall–Kier alpha value is -0.530. The summed E-state index contributed by atoms with van der Waals surface area (Å²) in [6.45, 7) is 3.86. The molecule has 16 heavy (non-hydrogen) atoms. The maximum Gasteiger partial charge on any atom is 0.162 e. The van der Waals surface area contributed by atoms with Gasteiger partial charge in [-0.1, -0.05) is 24.3 Å². The lowest BCUT2D eigenvalue weighted by atomic mass is 9.99. The third-order valence-electron chi connectivity index (χ3n) is 2.43. The van der Waals surface area contributed by atoms with Crippen molar-refractivity contribution in [3.8, 4) is 0 Å². The molecule has 0 atom stereocenters. The predicted molar refractivity (Wildman–Crippen MR) is 69.6 cm³/mol. The molecule has 0 fully saturated rings. The van der Waals surface area contributed by atoms with E-state index in [1.165, 1.54) is 0 Å². The van der Waals surface area contributed by atoms with Crippen molar-refractivity contribution < 1.29 is 4.79 Å². The van der Waals surface area contributed by atoms with Gasteiger partial charge in [0, 0.05) is 17.9 Å². The molecule has 1 rings (SSSR count). The van der Waals surface area contributed by atoms with Gasteiger partial charge in [0.05, 0.1) is 4.87 Å². The van der Waals surface area contributed by atoms with Crippen LogP contribution in [-0.4, -0.2) is 11.7 Å². The highest BCUT2D eigenvalue weighted by atomic mass is 35.5. The van der Waals surface area contributed by atoms with Crippen molar-refractivity contribution in [2.24, 2.45) is 0 Å². The van der Waals surface area contributed by atoms with Crippen molar-refractivity contribution >= 4 is 29.0 Å². The van der Waals surface area contributed by atoms with Crippen LogP contribution in [0.5, 0.6) is 0 Å². The number of rotatable bonds is 5. The lowest BCUT2D eigenvalue weighted by Crippen LogP contribution is -2.08. The number of ketones is 1. The van der Waals surface area contributed by atoms with E-state index >= 15 is 0 Å². The van der Waals surface area contributed by atoms with Crippen molar-refractivity contribution in [1.82, 2.24) is 0 Å². The van der Waals surface area contributed by atoms with Crippen LogP contribution >= 0.6 is 23.2 Å². The van der Waals surface area contributed by atoms with Crippen LogP contribution in [0.3, 0.4) is 0 Å². The van der Waals surface area contributed by atoms with Gasteiger partial charge in [0.1, 0.15) is 0 Å². The number of benzene rings is 1. The quantitative estimate of drug-likeness (QED) is 0.567. The van der Waals surface area contributed by atoms with E-state index in [2.05, 4.69) is 0 Å². The van der Waals surface area contributed by atoms with E-state index < -0.39 is 4.87 Å². The third kappa shape index (κ3) is 3.80. The van der Waals surface area contributed by atoms with Gasteiger partial charge < -0.3 is 0 Å². The molecule has 0 N–H and O–H groups in total. The zero-order valence-electron chi connectivity index (χ0n) is 9.59. The molecule has 0 aromatic heterocycles. The predicted octanol–water partition coefficient (Wildman–Crippen LogP) is 4.36. The number of hydrogen-bond acceptors (Lipinski definition) is 1. The third-order valence-corrected chi connectivity index (χ3v) is 2.92. The van der Waals surface area contributed by atoms with Crippen LogP contribution in [0, 0.1) is 0 Å². The number of hydrogen-bond donors (Lipinski definition) is 0. The number of alkyl halides is 2. The fraction of sp³-hybridized carbons (Fsp3) is 0.462. The fourth-order valence-electron chi connectivity index (χ4n) is 1.42. The van der Waals surface area contributed by atoms with Gasteiger partial charge in [-0.15, -0.1) is 23.2 Å². The molecule has 1 aromatic rings. The highest BCUT2D eigenvalue weighted by Gasteiger charge is 2.16. The van der Waals surface area contributed by atoms with E-state index in [0.29, 0.717) is 12.3 Å². The fourth-order valence-corrected chi connectivity index (χ4v) is 1.68. The standard InChI is InChI=1S/C13H16Cl2O/c1-13(2,15)11-7-5-10(6-8-11)12(16)4-3-9-14/h5-8H,3-4,9H2,1-2H3. The second-order valence-corrected chi connectivity index (χ2v) is 5.59. The van der Waals surface area contributed by atoms with Crippen LogP contribution in [-0.2, 0) is 4.87 Å². The zero-order valence-corrected chi connectivity index (χ0v) is 11.1. The molecular formula is C13H16Cl2O. The Morgan fingerprint density at radius 1 is 1.25 bits per heavy atom. The summed E-state index contributed by atoms with van der Waals surface area (Å²) in [5.74, 6) is 0.665. The van der Waals surface area contributed by atoms with Gasteiger partial charge in [-0.05, 0) is 25.8 Å². The van der Waals surface area contributed by atoms with Gasteiger partial charge in [-0.2, -0.15) is 0 Å². The Morgan fingerprint density at radius 2 is 1.81 bits per heavy atom. The van der Waals surface area contributed by atoms with Gasteiger partial charge in [0.25, 0.3) is 0 Å². The maximum atomic E-state index is 11.7. The summed E-state index contributed by atoms with van der Waals surface area (Å²) >= 11 is 11.7. The Kier molecular flexibility index (Phi) is 4.82. The first-order valence-electron chi connectivity index (χ1n) is 5.34. The van der Waals surface area contributed by atoms with Crippen LogP contribution in [0.4, 0.5) is 0 Å². The highest BCUT2D eigenvalue weighted by molar-refractivity contribution is 6.23. The molecule has 0 saturated carbocycles. The number of Topliss-reactive ketones (excluding diaryl/α,β-unsaturated/α-hetero) is 1. The van der Waals surface area contributed by atoms with Gasteiger partial charge in [-0.3, -0.25) is 4.79 Å². The average Bonchev–Trinajstić information content (AvgIpc) is 2.25. The van der Waals surface area contributed by atoms with E-state index in [1.54, 1.807) is 0 Å². The molecule has 88 valence electrons. The van der Waals surface area contributed by atoms with Crippen molar-refractivity contribution in [2.45, 2.75) is 31.6 Å². The van der Waals surface area contributed by atoms with Gasteiger partial charge in [0.2, 0.25) is 0 Å². The normalized spacial score (nSPS) is 11.5. The van der Waals surface area contributed by atoms with E-state index in [4.69, 9.17) is 23.2 Å². The monoisotopic (exact) mass is 258 g/mol. The molecule has 0 aliphatic heterocycles. The first-order chi connectivity index (χ1) is 7.45. The van der Waals surface area contributed by atoms with Crippen LogP contribution in [0.1, 0.15) is 42.6 Å². The molecule has 0 bridgehead atoms. The largest absolute Gasteiger partial charge is 0.294 e. The van der Waals surface area contributed by atoms with E-state index in [9.17, 15) is 4.79 Å². The van der Waals surface area contributed by atoms with Crippen LogP contribution in [0.15, 0.2) is 24.3 Å². The molecular weight excluding hydrogens is 243 g/mol. The minimum absolute atomic E-state index is 0.138. The molecule has 1 nitrogen and oxygen atoms in total. The van der Waals surface area contributed by atoms with Gasteiger partial charge >= 0.3 is 0 Å². The smallest absolute Gasteiger partial charge is 0.162 e. The Bertz CT molecular complexity index is 349. The first kappa shape index (κ1) is 13.5. The number of carbonyl (C=O) groups is 1. The Labute approximate surface area is 107 Å². The molecule has 1 aromatic carbocycles. The van der Waals surface area contributed by atoms with Crippen molar-refractivity contribution in [3.05, 3.63) is 35.4 Å². The summed E-state index contributed by atoms with van der Waals surface area (Å²) in [4.78, 5) is 11.3. The van der Waals surface area contributed by atoms with Crippen molar-refractivity contribution in [3.63, 3.8) is 0 Å². The zero-order chi connectivity index (χ0) is 12.2. The molecule has 0 aliphatic carbocycles. The van der Waals surface area contributed by atoms with Gasteiger partial charge in [-0.25, -0.2) is 0 Å². The summed E-state index contributed by atoms with van der Waals surface area (Å²) in [7, 11) is 0. The lowest BCUT2D eigenvalue weighted by Gasteiger charge is -2.16. The second kappa shape index (κ2) is 5.70. The Balaban J connectivity index is 2.75. The molecule has 0 heterocycles. The maximum absolute atomic E-state index is 11.7. The topological polar surface area (TPSA) is 17.1 Å². The summed E-state index contributed by atoms with van der Waals surface area (Å²) in [6.07, 6.45) is 1.23. The van der Waals surface area contributed by atoms with E-state index in [0.717, 1.165) is 17.5 Å². The molecule has 0 aliphatic rings. The summed E-state index contributed by atoms with van der Waals surface area (Å²) < 4.78 is 0. The lowest BCUT2D eigenvalue weighted by molar-refractivity contribution is 0.0982. The van der Waals surface area contributed by atoms with Gasteiger partial charge in [0.15, 0.2) is 5.78 Å². The molecule has 0 amide bonds. The minimum Gasteiger partial charge on any atom is -0.294 e. The van der Waals surface area contributed by atoms with Crippen LogP contribution in [0.2, 0.25) is 0 Å². The molecule has 0 radical (unpaired) electrons. The number of halogens is 2. The summed E-state index contributed by atoms with van der Waals surface area (Å²) in [5.41, 5.74) is 1.75. The first-order valence-corrected chi connectivity index (χ1v) is 6.25. The molecule has 0 unspecified atom stereocenters.